The molecule has 2 aromatic carbocycles. The first-order valence-electron chi connectivity index (χ1n) is 7.50. The fourth-order valence-electron chi connectivity index (χ4n) is 3.44. The monoisotopic (exact) mass is 253 g/mol. The van der Waals surface area contributed by atoms with Gasteiger partial charge in [0, 0.05) is 6.04 Å². The van der Waals surface area contributed by atoms with Gasteiger partial charge in [-0.2, -0.15) is 0 Å². The smallest absolute Gasteiger partial charge is 0.00642 e. The third-order valence-corrected chi connectivity index (χ3v) is 4.64. The second kappa shape index (κ2) is 5.75. The molecule has 3 rings (SSSR count). The third-order valence-electron chi connectivity index (χ3n) is 4.64. The van der Waals surface area contributed by atoms with Crippen LogP contribution in [0.2, 0.25) is 0 Å². The summed E-state index contributed by atoms with van der Waals surface area (Å²) in [6.07, 6.45) is 6.67. The Hall–Kier alpha value is -1.34. The molecule has 0 atom stereocenters. The molecular weight excluding hydrogens is 230 g/mol. The molecule has 1 heteroatoms. The molecule has 1 saturated carbocycles. The Morgan fingerprint density at radius 3 is 2.47 bits per heavy atom. The van der Waals surface area contributed by atoms with Gasteiger partial charge < -0.3 is 5.32 Å². The Balaban J connectivity index is 1.75. The van der Waals surface area contributed by atoms with Crippen molar-refractivity contribution in [3.8, 4) is 0 Å². The molecule has 1 N–H and O–H groups in total. The molecular formula is C18H23N. The van der Waals surface area contributed by atoms with Crippen molar-refractivity contribution in [1.82, 2.24) is 5.32 Å². The predicted molar refractivity (Wildman–Crippen MR) is 82.5 cm³/mol. The maximum Gasteiger partial charge on any atom is 0.00642 e. The molecule has 0 amide bonds. The Bertz CT molecular complexity index is 533. The van der Waals surface area contributed by atoms with Crippen molar-refractivity contribution in [2.24, 2.45) is 5.92 Å². The quantitative estimate of drug-likeness (QED) is 0.866. The summed E-state index contributed by atoms with van der Waals surface area (Å²) in [4.78, 5) is 0. The average molecular weight is 253 g/mol. The molecule has 0 heterocycles. The number of hydrogen-bond acceptors (Lipinski definition) is 1. The summed E-state index contributed by atoms with van der Waals surface area (Å²) >= 11 is 0. The lowest BCUT2D eigenvalue weighted by molar-refractivity contribution is 0.301. The molecule has 0 unspecified atom stereocenters. The lowest BCUT2D eigenvalue weighted by Crippen LogP contribution is -2.30. The van der Waals surface area contributed by atoms with Gasteiger partial charge in [-0.1, -0.05) is 42.5 Å². The molecule has 0 aromatic heterocycles. The molecule has 0 aliphatic heterocycles. The molecule has 0 bridgehead atoms. The highest BCUT2D eigenvalue weighted by Gasteiger charge is 2.20. The first-order chi connectivity index (χ1) is 9.36. The lowest BCUT2D eigenvalue weighted by Gasteiger charge is -2.28. The summed E-state index contributed by atoms with van der Waals surface area (Å²) in [5.74, 6) is 0.871. The van der Waals surface area contributed by atoms with Gasteiger partial charge in [0.25, 0.3) is 0 Å². The highest BCUT2D eigenvalue weighted by molar-refractivity contribution is 5.85. The molecule has 1 nitrogen and oxygen atoms in total. The van der Waals surface area contributed by atoms with E-state index in [2.05, 4.69) is 54.8 Å². The van der Waals surface area contributed by atoms with E-state index in [4.69, 9.17) is 0 Å². The first-order valence-corrected chi connectivity index (χ1v) is 7.50. The molecule has 19 heavy (non-hydrogen) atoms. The van der Waals surface area contributed by atoms with Gasteiger partial charge in [0.15, 0.2) is 0 Å². The summed E-state index contributed by atoms with van der Waals surface area (Å²) in [6, 6.07) is 16.3. The van der Waals surface area contributed by atoms with Crippen molar-refractivity contribution >= 4 is 10.8 Å². The Kier molecular flexibility index (Phi) is 3.84. The van der Waals surface area contributed by atoms with Crippen molar-refractivity contribution in [1.29, 1.82) is 0 Å². The van der Waals surface area contributed by atoms with E-state index in [1.807, 2.05) is 0 Å². The van der Waals surface area contributed by atoms with Crippen LogP contribution < -0.4 is 5.32 Å². The Labute approximate surface area is 116 Å². The first kappa shape index (κ1) is 12.7. The van der Waals surface area contributed by atoms with Gasteiger partial charge in [-0.25, -0.2) is 0 Å². The van der Waals surface area contributed by atoms with Gasteiger partial charge in [-0.15, -0.1) is 0 Å². The van der Waals surface area contributed by atoms with E-state index in [9.17, 15) is 0 Å². The van der Waals surface area contributed by atoms with Crippen LogP contribution in [0.5, 0.6) is 0 Å². The Morgan fingerprint density at radius 1 is 0.947 bits per heavy atom. The second-order valence-corrected chi connectivity index (χ2v) is 5.85. The van der Waals surface area contributed by atoms with E-state index < -0.39 is 0 Å². The van der Waals surface area contributed by atoms with Crippen LogP contribution in [0.1, 0.15) is 31.2 Å². The number of nitrogens with one attached hydrogen (secondary N) is 1. The molecule has 0 radical (unpaired) electrons. The summed E-state index contributed by atoms with van der Waals surface area (Å²) in [5.41, 5.74) is 1.53. The minimum Gasteiger partial charge on any atom is -0.317 e. The van der Waals surface area contributed by atoms with Crippen molar-refractivity contribution in [2.75, 3.05) is 7.05 Å². The zero-order valence-corrected chi connectivity index (χ0v) is 11.7. The van der Waals surface area contributed by atoms with E-state index in [0.717, 1.165) is 12.0 Å². The molecule has 0 saturated heterocycles. The summed E-state index contributed by atoms with van der Waals surface area (Å²) < 4.78 is 0. The highest BCUT2D eigenvalue weighted by atomic mass is 14.9. The van der Waals surface area contributed by atoms with Gasteiger partial charge in [-0.05, 0) is 61.4 Å². The normalized spacial score (nSPS) is 23.6. The maximum absolute atomic E-state index is 3.42. The maximum atomic E-state index is 3.42. The van der Waals surface area contributed by atoms with Crippen LogP contribution in [0.25, 0.3) is 10.8 Å². The molecule has 1 aliphatic rings. The summed E-state index contributed by atoms with van der Waals surface area (Å²) in [6.45, 7) is 0. The van der Waals surface area contributed by atoms with Gasteiger partial charge in [0.05, 0.1) is 0 Å². The number of fused-ring (bicyclic) bond motifs is 1. The lowest BCUT2D eigenvalue weighted by atomic mass is 9.81. The van der Waals surface area contributed by atoms with Crippen LogP contribution in [0.15, 0.2) is 42.5 Å². The van der Waals surface area contributed by atoms with Crippen LogP contribution in [-0.4, -0.2) is 13.1 Å². The number of benzene rings is 2. The topological polar surface area (TPSA) is 12.0 Å². The summed E-state index contributed by atoms with van der Waals surface area (Å²) in [7, 11) is 2.09. The van der Waals surface area contributed by atoms with Gasteiger partial charge in [0.1, 0.15) is 0 Å². The van der Waals surface area contributed by atoms with Crippen molar-refractivity contribution in [3.63, 3.8) is 0 Å². The van der Waals surface area contributed by atoms with E-state index >= 15 is 0 Å². The van der Waals surface area contributed by atoms with Gasteiger partial charge in [-0.3, -0.25) is 0 Å². The highest BCUT2D eigenvalue weighted by Crippen LogP contribution is 2.29. The van der Waals surface area contributed by atoms with Crippen molar-refractivity contribution < 1.29 is 0 Å². The van der Waals surface area contributed by atoms with E-state index in [-0.39, 0.29) is 0 Å². The zero-order valence-electron chi connectivity index (χ0n) is 11.7. The van der Waals surface area contributed by atoms with E-state index in [0.29, 0.717) is 0 Å². The second-order valence-electron chi connectivity index (χ2n) is 5.85. The van der Waals surface area contributed by atoms with Crippen molar-refractivity contribution in [3.05, 3.63) is 48.0 Å². The zero-order chi connectivity index (χ0) is 13.1. The minimum atomic E-state index is 0.753. The van der Waals surface area contributed by atoms with Crippen LogP contribution in [0, 0.1) is 5.92 Å². The van der Waals surface area contributed by atoms with Crippen LogP contribution >= 0.6 is 0 Å². The number of hydrogen-bond donors (Lipinski definition) is 1. The van der Waals surface area contributed by atoms with Crippen LogP contribution in [0.4, 0.5) is 0 Å². The summed E-state index contributed by atoms with van der Waals surface area (Å²) in [5, 5.41) is 6.24. The number of rotatable bonds is 3. The standard InChI is InChI=1S/C18H23N/c1-19-17-11-9-14(10-12-17)13-16-7-4-6-15-5-2-3-8-18(15)16/h2-8,14,17,19H,9-13H2,1H3. The molecule has 100 valence electrons. The largest absolute Gasteiger partial charge is 0.317 e. The fraction of sp³-hybridized carbons (Fsp3) is 0.444. The minimum absolute atomic E-state index is 0.753. The van der Waals surface area contributed by atoms with E-state index in [1.54, 1.807) is 0 Å². The SMILES string of the molecule is CNC1CCC(Cc2cccc3ccccc23)CC1. The molecule has 0 spiro atoms. The van der Waals surface area contributed by atoms with Gasteiger partial charge >= 0.3 is 0 Å². The van der Waals surface area contributed by atoms with Crippen molar-refractivity contribution in [2.45, 2.75) is 38.1 Å². The molecule has 2 aromatic rings. The van der Waals surface area contributed by atoms with Crippen LogP contribution in [0.3, 0.4) is 0 Å². The van der Waals surface area contributed by atoms with Crippen LogP contribution in [-0.2, 0) is 6.42 Å². The third kappa shape index (κ3) is 2.82. The average Bonchev–Trinajstić information content (AvgIpc) is 2.48. The van der Waals surface area contributed by atoms with Gasteiger partial charge in [0.2, 0.25) is 0 Å². The fourth-order valence-corrected chi connectivity index (χ4v) is 3.44. The molecule has 1 aliphatic carbocycles. The Morgan fingerprint density at radius 2 is 1.68 bits per heavy atom. The predicted octanol–water partition coefficient (Wildman–Crippen LogP) is 4.16. The molecule has 1 fully saturated rings. The van der Waals surface area contributed by atoms with E-state index in [1.165, 1.54) is 48.4 Å².